The van der Waals surface area contributed by atoms with Crippen molar-refractivity contribution in [1.29, 1.82) is 0 Å². The van der Waals surface area contributed by atoms with E-state index in [1.165, 1.54) is 5.56 Å². The summed E-state index contributed by atoms with van der Waals surface area (Å²) in [4.78, 5) is 0. The SMILES string of the molecule is CCC(C)NC(C)c1cc(C)oc1C. The highest BCUT2D eigenvalue weighted by Gasteiger charge is 2.13. The van der Waals surface area contributed by atoms with Crippen molar-refractivity contribution in [3.63, 3.8) is 0 Å². The summed E-state index contributed by atoms with van der Waals surface area (Å²) in [6.45, 7) is 10.6. The lowest BCUT2D eigenvalue weighted by molar-refractivity contribution is 0.454. The van der Waals surface area contributed by atoms with E-state index >= 15 is 0 Å². The summed E-state index contributed by atoms with van der Waals surface area (Å²) in [5.74, 6) is 2.03. The second-order valence-corrected chi connectivity index (χ2v) is 4.07. The van der Waals surface area contributed by atoms with Crippen molar-refractivity contribution in [2.24, 2.45) is 0 Å². The lowest BCUT2D eigenvalue weighted by Crippen LogP contribution is -2.28. The highest BCUT2D eigenvalue weighted by Crippen LogP contribution is 2.21. The summed E-state index contributed by atoms with van der Waals surface area (Å²) in [6.07, 6.45) is 1.15. The second kappa shape index (κ2) is 4.65. The average molecular weight is 195 g/mol. The van der Waals surface area contributed by atoms with Crippen molar-refractivity contribution >= 4 is 0 Å². The van der Waals surface area contributed by atoms with Crippen LogP contribution in [0.3, 0.4) is 0 Å². The normalized spacial score (nSPS) is 15.5. The zero-order valence-corrected chi connectivity index (χ0v) is 9.85. The molecule has 1 rings (SSSR count). The first kappa shape index (κ1) is 11.3. The molecule has 0 aliphatic heterocycles. The van der Waals surface area contributed by atoms with Gasteiger partial charge in [-0.05, 0) is 40.2 Å². The summed E-state index contributed by atoms with van der Waals surface area (Å²) < 4.78 is 5.51. The van der Waals surface area contributed by atoms with Gasteiger partial charge in [-0.15, -0.1) is 0 Å². The van der Waals surface area contributed by atoms with Crippen LogP contribution in [0.4, 0.5) is 0 Å². The van der Waals surface area contributed by atoms with Crippen LogP contribution in [0.5, 0.6) is 0 Å². The van der Waals surface area contributed by atoms with Crippen LogP contribution in [0, 0.1) is 13.8 Å². The van der Waals surface area contributed by atoms with Gasteiger partial charge in [0, 0.05) is 17.6 Å². The Morgan fingerprint density at radius 1 is 1.36 bits per heavy atom. The molecule has 0 fully saturated rings. The molecule has 0 aliphatic rings. The number of rotatable bonds is 4. The molecular formula is C12H21NO. The number of hydrogen-bond acceptors (Lipinski definition) is 2. The monoisotopic (exact) mass is 195 g/mol. The fraction of sp³-hybridized carbons (Fsp3) is 0.667. The number of hydrogen-bond donors (Lipinski definition) is 1. The van der Waals surface area contributed by atoms with Gasteiger partial charge in [0.1, 0.15) is 11.5 Å². The van der Waals surface area contributed by atoms with Crippen LogP contribution >= 0.6 is 0 Å². The molecule has 0 amide bonds. The molecular weight excluding hydrogens is 174 g/mol. The Morgan fingerprint density at radius 3 is 2.43 bits per heavy atom. The summed E-state index contributed by atoms with van der Waals surface area (Å²) in [5, 5.41) is 3.54. The van der Waals surface area contributed by atoms with E-state index in [2.05, 4.69) is 32.2 Å². The van der Waals surface area contributed by atoms with Crippen LogP contribution < -0.4 is 5.32 Å². The molecule has 0 spiro atoms. The fourth-order valence-corrected chi connectivity index (χ4v) is 1.71. The van der Waals surface area contributed by atoms with Crippen molar-refractivity contribution in [2.75, 3.05) is 0 Å². The van der Waals surface area contributed by atoms with Gasteiger partial charge in [0.15, 0.2) is 0 Å². The van der Waals surface area contributed by atoms with E-state index in [1.54, 1.807) is 0 Å². The predicted molar refractivity (Wildman–Crippen MR) is 59.5 cm³/mol. The van der Waals surface area contributed by atoms with Gasteiger partial charge >= 0.3 is 0 Å². The van der Waals surface area contributed by atoms with E-state index < -0.39 is 0 Å². The van der Waals surface area contributed by atoms with E-state index in [0.29, 0.717) is 12.1 Å². The van der Waals surface area contributed by atoms with Crippen molar-refractivity contribution in [2.45, 2.75) is 53.1 Å². The molecule has 0 radical (unpaired) electrons. The van der Waals surface area contributed by atoms with Crippen LogP contribution in [0.25, 0.3) is 0 Å². The van der Waals surface area contributed by atoms with Gasteiger partial charge in [0.2, 0.25) is 0 Å². The minimum absolute atomic E-state index is 0.377. The highest BCUT2D eigenvalue weighted by molar-refractivity contribution is 5.23. The summed E-state index contributed by atoms with van der Waals surface area (Å²) in [5.41, 5.74) is 1.28. The Bertz CT molecular complexity index is 291. The Morgan fingerprint density at radius 2 is 2.00 bits per heavy atom. The predicted octanol–water partition coefficient (Wildman–Crippen LogP) is 3.35. The van der Waals surface area contributed by atoms with Crippen LogP contribution in [0.15, 0.2) is 10.5 Å². The third-order valence-electron chi connectivity index (χ3n) is 2.69. The smallest absolute Gasteiger partial charge is 0.105 e. The minimum Gasteiger partial charge on any atom is -0.466 e. The number of nitrogens with one attached hydrogen (secondary N) is 1. The molecule has 2 unspecified atom stereocenters. The zero-order valence-electron chi connectivity index (χ0n) is 9.85. The van der Waals surface area contributed by atoms with Gasteiger partial charge in [0.25, 0.3) is 0 Å². The molecule has 0 saturated heterocycles. The molecule has 0 aromatic carbocycles. The maximum Gasteiger partial charge on any atom is 0.105 e. The Kier molecular flexibility index (Phi) is 3.76. The van der Waals surface area contributed by atoms with E-state index in [0.717, 1.165) is 17.9 Å². The molecule has 2 nitrogen and oxygen atoms in total. The fourth-order valence-electron chi connectivity index (χ4n) is 1.71. The van der Waals surface area contributed by atoms with Crippen LogP contribution in [-0.4, -0.2) is 6.04 Å². The third-order valence-corrected chi connectivity index (χ3v) is 2.69. The van der Waals surface area contributed by atoms with Crippen molar-refractivity contribution in [3.8, 4) is 0 Å². The largest absolute Gasteiger partial charge is 0.466 e. The molecule has 1 aromatic heterocycles. The average Bonchev–Trinajstić information content (AvgIpc) is 2.45. The van der Waals surface area contributed by atoms with Gasteiger partial charge in [-0.3, -0.25) is 0 Å². The van der Waals surface area contributed by atoms with Gasteiger partial charge in [-0.2, -0.15) is 0 Å². The maximum atomic E-state index is 5.51. The molecule has 1 heterocycles. The van der Waals surface area contributed by atoms with Gasteiger partial charge < -0.3 is 9.73 Å². The van der Waals surface area contributed by atoms with Crippen molar-refractivity contribution < 1.29 is 4.42 Å². The van der Waals surface area contributed by atoms with Gasteiger partial charge in [-0.25, -0.2) is 0 Å². The Labute approximate surface area is 86.7 Å². The number of aryl methyl sites for hydroxylation is 2. The molecule has 0 bridgehead atoms. The Hall–Kier alpha value is -0.760. The zero-order chi connectivity index (χ0) is 10.7. The quantitative estimate of drug-likeness (QED) is 0.797. The van der Waals surface area contributed by atoms with E-state index in [-0.39, 0.29) is 0 Å². The Balaban J connectivity index is 2.69. The molecule has 0 saturated carbocycles. The van der Waals surface area contributed by atoms with E-state index in [4.69, 9.17) is 4.42 Å². The van der Waals surface area contributed by atoms with E-state index in [1.807, 2.05) is 13.8 Å². The summed E-state index contributed by atoms with van der Waals surface area (Å²) in [7, 11) is 0. The molecule has 14 heavy (non-hydrogen) atoms. The number of furan rings is 1. The lowest BCUT2D eigenvalue weighted by Gasteiger charge is -2.18. The van der Waals surface area contributed by atoms with E-state index in [9.17, 15) is 0 Å². The standard InChI is InChI=1S/C12H21NO/c1-6-8(2)13-10(4)12-7-9(3)14-11(12)5/h7-8,10,13H,6H2,1-5H3. The van der Waals surface area contributed by atoms with Crippen molar-refractivity contribution in [3.05, 3.63) is 23.2 Å². The van der Waals surface area contributed by atoms with Gasteiger partial charge in [0.05, 0.1) is 0 Å². The van der Waals surface area contributed by atoms with Crippen LogP contribution in [0.1, 0.15) is 50.3 Å². The molecule has 80 valence electrons. The third kappa shape index (κ3) is 2.61. The summed E-state index contributed by atoms with van der Waals surface area (Å²) in [6, 6.07) is 3.05. The summed E-state index contributed by atoms with van der Waals surface area (Å²) >= 11 is 0. The molecule has 2 heteroatoms. The van der Waals surface area contributed by atoms with Crippen LogP contribution in [0.2, 0.25) is 0 Å². The first-order valence-corrected chi connectivity index (χ1v) is 5.37. The first-order valence-electron chi connectivity index (χ1n) is 5.37. The molecule has 1 aromatic rings. The minimum atomic E-state index is 0.377. The van der Waals surface area contributed by atoms with Gasteiger partial charge in [-0.1, -0.05) is 6.92 Å². The topological polar surface area (TPSA) is 25.2 Å². The second-order valence-electron chi connectivity index (χ2n) is 4.07. The maximum absolute atomic E-state index is 5.51. The van der Waals surface area contributed by atoms with Crippen LogP contribution in [-0.2, 0) is 0 Å². The molecule has 2 atom stereocenters. The highest BCUT2D eigenvalue weighted by atomic mass is 16.3. The first-order chi connectivity index (χ1) is 6.54. The molecule has 0 aliphatic carbocycles. The van der Waals surface area contributed by atoms with Crippen molar-refractivity contribution in [1.82, 2.24) is 5.32 Å². The molecule has 1 N–H and O–H groups in total. The lowest BCUT2D eigenvalue weighted by atomic mass is 10.1.